The summed E-state index contributed by atoms with van der Waals surface area (Å²) in [6.07, 6.45) is 1.66. The summed E-state index contributed by atoms with van der Waals surface area (Å²) >= 11 is 1.17. The van der Waals surface area contributed by atoms with Crippen molar-refractivity contribution >= 4 is 28.9 Å². The van der Waals surface area contributed by atoms with Crippen molar-refractivity contribution < 1.29 is 4.79 Å². The van der Waals surface area contributed by atoms with Crippen LogP contribution in [-0.2, 0) is 18.4 Å². The third-order valence-corrected chi connectivity index (χ3v) is 5.06. The maximum Gasteiger partial charge on any atom is 0.307 e. The van der Waals surface area contributed by atoms with Crippen LogP contribution in [0.1, 0.15) is 18.2 Å². The van der Waals surface area contributed by atoms with Crippen molar-refractivity contribution in [2.24, 2.45) is 7.05 Å². The summed E-state index contributed by atoms with van der Waals surface area (Å²) in [4.78, 5) is 32.5. The molecule has 0 fully saturated rings. The molecule has 0 unspecified atom stereocenters. The number of anilines is 2. The zero-order valence-corrected chi connectivity index (χ0v) is 15.6. The predicted molar refractivity (Wildman–Crippen MR) is 103 cm³/mol. The molecule has 2 N–H and O–H groups in total. The van der Waals surface area contributed by atoms with Gasteiger partial charge in [0.2, 0.25) is 11.9 Å². The van der Waals surface area contributed by atoms with Crippen molar-refractivity contribution in [1.29, 1.82) is 0 Å². The van der Waals surface area contributed by atoms with Gasteiger partial charge in [-0.1, -0.05) is 23.5 Å². The van der Waals surface area contributed by atoms with Gasteiger partial charge in [0.25, 0.3) is 0 Å². The molecule has 0 radical (unpaired) electrons. The van der Waals surface area contributed by atoms with E-state index in [9.17, 15) is 9.59 Å². The first-order chi connectivity index (χ1) is 12.4. The van der Waals surface area contributed by atoms with Gasteiger partial charge in [-0.2, -0.15) is 0 Å². The number of aromatic nitrogens is 3. The van der Waals surface area contributed by atoms with Gasteiger partial charge in [0.05, 0.1) is 10.6 Å². The van der Waals surface area contributed by atoms with Gasteiger partial charge < -0.3 is 15.2 Å². The van der Waals surface area contributed by atoms with E-state index in [0.717, 1.165) is 21.8 Å². The Morgan fingerprint density at radius 1 is 1.31 bits per heavy atom. The third-order valence-electron chi connectivity index (χ3n) is 3.91. The third kappa shape index (κ3) is 3.97. The van der Waals surface area contributed by atoms with Crippen molar-refractivity contribution in [2.75, 3.05) is 5.32 Å². The lowest BCUT2D eigenvalue weighted by Crippen LogP contribution is -2.18. The molecular formula is C18H19N5O2S. The summed E-state index contributed by atoms with van der Waals surface area (Å²) in [5, 5.41) is 5.94. The van der Waals surface area contributed by atoms with E-state index in [1.54, 1.807) is 23.9 Å². The Bertz CT molecular complexity index is 1010. The van der Waals surface area contributed by atoms with E-state index in [1.807, 2.05) is 31.2 Å². The van der Waals surface area contributed by atoms with Crippen LogP contribution >= 0.6 is 11.3 Å². The molecule has 0 spiro atoms. The van der Waals surface area contributed by atoms with Gasteiger partial charge in [0.1, 0.15) is 0 Å². The zero-order valence-electron chi connectivity index (χ0n) is 14.7. The average Bonchev–Trinajstić information content (AvgIpc) is 2.88. The van der Waals surface area contributed by atoms with Crippen LogP contribution in [0.4, 0.5) is 11.6 Å². The average molecular weight is 369 g/mol. The highest BCUT2D eigenvalue weighted by Crippen LogP contribution is 2.25. The number of rotatable bonds is 5. The van der Waals surface area contributed by atoms with Crippen molar-refractivity contribution in [3.05, 3.63) is 57.5 Å². The molecule has 0 aliphatic carbocycles. The van der Waals surface area contributed by atoms with E-state index in [2.05, 4.69) is 20.6 Å². The van der Waals surface area contributed by atoms with Crippen LogP contribution in [0, 0.1) is 6.92 Å². The molecule has 0 bridgehead atoms. The first-order valence-electron chi connectivity index (χ1n) is 8.04. The molecule has 0 aliphatic rings. The van der Waals surface area contributed by atoms with Gasteiger partial charge in [0, 0.05) is 38.1 Å². The zero-order chi connectivity index (χ0) is 18.7. The van der Waals surface area contributed by atoms with Crippen LogP contribution in [0.5, 0.6) is 0 Å². The first kappa shape index (κ1) is 17.8. The number of carbonyl (C=O) groups excluding carboxylic acids is 1. The Morgan fingerprint density at radius 2 is 2.12 bits per heavy atom. The van der Waals surface area contributed by atoms with Gasteiger partial charge >= 0.3 is 4.87 Å². The summed E-state index contributed by atoms with van der Waals surface area (Å²) in [6, 6.07) is 9.45. The fourth-order valence-electron chi connectivity index (χ4n) is 2.42. The van der Waals surface area contributed by atoms with Crippen LogP contribution in [0.3, 0.4) is 0 Å². The molecular weight excluding hydrogens is 350 g/mol. The van der Waals surface area contributed by atoms with Crippen LogP contribution in [0.15, 0.2) is 41.3 Å². The number of amides is 1. The highest BCUT2D eigenvalue weighted by Gasteiger charge is 2.12. The van der Waals surface area contributed by atoms with E-state index >= 15 is 0 Å². The Balaban J connectivity index is 1.83. The van der Waals surface area contributed by atoms with Gasteiger partial charge in [-0.15, -0.1) is 0 Å². The number of nitrogens with zero attached hydrogens (tertiary/aromatic N) is 3. The smallest absolute Gasteiger partial charge is 0.307 e. The lowest BCUT2D eigenvalue weighted by Gasteiger charge is -2.08. The second-order valence-electron chi connectivity index (χ2n) is 5.84. The van der Waals surface area contributed by atoms with Crippen molar-refractivity contribution in [3.63, 3.8) is 0 Å². The molecule has 0 saturated heterocycles. The van der Waals surface area contributed by atoms with Crippen molar-refractivity contribution in [3.8, 4) is 10.6 Å². The molecule has 0 atom stereocenters. The Morgan fingerprint density at radius 3 is 2.81 bits per heavy atom. The predicted octanol–water partition coefficient (Wildman–Crippen LogP) is 2.59. The normalized spacial score (nSPS) is 10.6. The molecule has 134 valence electrons. The van der Waals surface area contributed by atoms with E-state index in [4.69, 9.17) is 0 Å². The van der Waals surface area contributed by atoms with E-state index < -0.39 is 0 Å². The second-order valence-corrected chi connectivity index (χ2v) is 6.80. The molecule has 1 aromatic carbocycles. The maximum atomic E-state index is 11.8. The fourth-order valence-corrected chi connectivity index (χ4v) is 3.37. The summed E-state index contributed by atoms with van der Waals surface area (Å²) in [5.74, 6) is 0.374. The lowest BCUT2D eigenvalue weighted by atomic mass is 10.2. The van der Waals surface area contributed by atoms with Gasteiger partial charge in [0.15, 0.2) is 0 Å². The van der Waals surface area contributed by atoms with Crippen molar-refractivity contribution in [2.45, 2.75) is 20.4 Å². The fraction of sp³-hybridized carbons (Fsp3) is 0.222. The molecule has 2 heterocycles. The molecule has 2 aromatic heterocycles. The first-order valence-corrected chi connectivity index (χ1v) is 8.86. The minimum Gasteiger partial charge on any atom is -0.352 e. The Hall–Kier alpha value is -3.00. The summed E-state index contributed by atoms with van der Waals surface area (Å²) in [7, 11) is 1.75. The molecule has 26 heavy (non-hydrogen) atoms. The largest absolute Gasteiger partial charge is 0.352 e. The number of carbonyl (C=O) groups is 1. The van der Waals surface area contributed by atoms with Gasteiger partial charge in [-0.3, -0.25) is 9.59 Å². The number of benzene rings is 1. The quantitative estimate of drug-likeness (QED) is 0.722. The van der Waals surface area contributed by atoms with Crippen LogP contribution in [0.25, 0.3) is 10.6 Å². The molecule has 7 nitrogen and oxygen atoms in total. The molecule has 3 rings (SSSR count). The molecule has 0 saturated carbocycles. The molecule has 1 amide bonds. The topological polar surface area (TPSA) is 88.9 Å². The minimum absolute atomic E-state index is 0.0173. The highest BCUT2D eigenvalue weighted by molar-refractivity contribution is 7.13. The molecule has 8 heteroatoms. The number of hydrogen-bond donors (Lipinski definition) is 2. The van der Waals surface area contributed by atoms with Gasteiger partial charge in [-0.25, -0.2) is 9.97 Å². The number of nitrogens with one attached hydrogen (secondary N) is 2. The lowest BCUT2D eigenvalue weighted by molar-refractivity contribution is -0.119. The Labute approximate surface area is 154 Å². The van der Waals surface area contributed by atoms with Crippen LogP contribution < -0.4 is 15.5 Å². The highest BCUT2D eigenvalue weighted by atomic mass is 32.1. The minimum atomic E-state index is -0.0726. The summed E-state index contributed by atoms with van der Waals surface area (Å²) in [6.45, 7) is 3.85. The number of thiazole rings is 1. The Kier molecular flexibility index (Phi) is 5.13. The van der Waals surface area contributed by atoms with Crippen molar-refractivity contribution in [1.82, 2.24) is 19.9 Å². The van der Waals surface area contributed by atoms with E-state index in [-0.39, 0.29) is 10.8 Å². The monoisotopic (exact) mass is 369 g/mol. The molecule has 0 aliphatic heterocycles. The SMILES string of the molecule is CC(=O)NCc1cccc(Nc2nccc(-c3sc(=O)n(C)c3C)n2)c1. The van der Waals surface area contributed by atoms with Crippen LogP contribution in [-0.4, -0.2) is 20.4 Å². The number of hydrogen-bond acceptors (Lipinski definition) is 6. The standard InChI is InChI=1S/C18H19N5O2S/c1-11-16(26-18(25)23(11)3)15-7-8-19-17(22-15)21-14-6-4-5-13(9-14)10-20-12(2)24/h4-9H,10H2,1-3H3,(H,20,24)(H,19,21,22). The van der Waals surface area contributed by atoms with Crippen LogP contribution in [0.2, 0.25) is 0 Å². The summed E-state index contributed by atoms with van der Waals surface area (Å²) < 4.78 is 1.61. The van der Waals surface area contributed by atoms with Gasteiger partial charge in [-0.05, 0) is 30.7 Å². The summed E-state index contributed by atoms with van der Waals surface area (Å²) in [5.41, 5.74) is 3.38. The maximum absolute atomic E-state index is 11.8. The second kappa shape index (κ2) is 7.49. The molecule has 3 aromatic rings. The van der Waals surface area contributed by atoms with E-state index in [0.29, 0.717) is 18.2 Å². The van der Waals surface area contributed by atoms with E-state index in [1.165, 1.54) is 18.3 Å².